The van der Waals surface area contributed by atoms with E-state index >= 15 is 0 Å². The summed E-state index contributed by atoms with van der Waals surface area (Å²) in [6.07, 6.45) is 0.783. The largest absolute Gasteiger partial charge is 0.493 e. The fourth-order valence-electron chi connectivity index (χ4n) is 1.86. The van der Waals surface area contributed by atoms with Crippen LogP contribution in [0.1, 0.15) is 24.9 Å². The second-order valence-corrected chi connectivity index (χ2v) is 4.08. The van der Waals surface area contributed by atoms with Crippen LogP contribution in [0.3, 0.4) is 0 Å². The Bertz CT molecular complexity index is 420. The summed E-state index contributed by atoms with van der Waals surface area (Å²) >= 11 is 0. The Morgan fingerprint density at radius 3 is 2.42 bits per heavy atom. The molecule has 1 aromatic rings. The van der Waals surface area contributed by atoms with Gasteiger partial charge in [-0.3, -0.25) is 4.79 Å². The van der Waals surface area contributed by atoms with E-state index in [0.29, 0.717) is 11.5 Å². The van der Waals surface area contributed by atoms with Gasteiger partial charge in [-0.1, -0.05) is 13.0 Å². The van der Waals surface area contributed by atoms with E-state index in [-0.39, 0.29) is 18.6 Å². The van der Waals surface area contributed by atoms with Crippen LogP contribution >= 0.6 is 0 Å². The Balaban J connectivity index is 2.89. The summed E-state index contributed by atoms with van der Waals surface area (Å²) in [4.78, 5) is 11.6. The molecule has 0 aliphatic heterocycles. The van der Waals surface area contributed by atoms with Crippen LogP contribution in [0.5, 0.6) is 11.5 Å². The lowest BCUT2D eigenvalue weighted by molar-refractivity contribution is -0.125. The van der Waals surface area contributed by atoms with Crippen molar-refractivity contribution in [3.8, 4) is 11.5 Å². The van der Waals surface area contributed by atoms with Crippen molar-refractivity contribution in [2.75, 3.05) is 27.9 Å². The van der Waals surface area contributed by atoms with Crippen molar-refractivity contribution in [3.05, 3.63) is 23.8 Å². The maximum atomic E-state index is 11.6. The van der Waals surface area contributed by atoms with Crippen molar-refractivity contribution in [1.82, 2.24) is 5.32 Å². The summed E-state index contributed by atoms with van der Waals surface area (Å²) < 4.78 is 15.3. The molecule has 0 aromatic heterocycles. The maximum absolute atomic E-state index is 11.6. The van der Waals surface area contributed by atoms with Crippen LogP contribution in [0.2, 0.25) is 0 Å². The zero-order chi connectivity index (χ0) is 14.3. The predicted molar refractivity (Wildman–Crippen MR) is 72.6 cm³/mol. The average molecular weight is 267 g/mol. The number of carbonyl (C=O) groups is 1. The van der Waals surface area contributed by atoms with Gasteiger partial charge >= 0.3 is 0 Å². The fourth-order valence-corrected chi connectivity index (χ4v) is 1.86. The first-order valence-corrected chi connectivity index (χ1v) is 6.16. The number of amides is 1. The number of hydrogen-bond acceptors (Lipinski definition) is 4. The van der Waals surface area contributed by atoms with Gasteiger partial charge in [0, 0.05) is 7.11 Å². The summed E-state index contributed by atoms with van der Waals surface area (Å²) in [5.74, 6) is 1.19. The van der Waals surface area contributed by atoms with Crippen molar-refractivity contribution in [1.29, 1.82) is 0 Å². The molecule has 0 saturated heterocycles. The Kier molecular flexibility index (Phi) is 6.15. The number of nitrogens with one attached hydrogen (secondary N) is 1. The first-order valence-electron chi connectivity index (χ1n) is 6.16. The zero-order valence-corrected chi connectivity index (χ0v) is 11.9. The first-order chi connectivity index (χ1) is 9.15. The molecule has 5 heteroatoms. The number of carbonyl (C=O) groups excluding carboxylic acids is 1. The van der Waals surface area contributed by atoms with Gasteiger partial charge in [0.1, 0.15) is 6.61 Å². The molecule has 1 rings (SSSR count). The van der Waals surface area contributed by atoms with Gasteiger partial charge in [-0.05, 0) is 24.1 Å². The lowest BCUT2D eigenvalue weighted by Gasteiger charge is -2.19. The zero-order valence-electron chi connectivity index (χ0n) is 11.9. The van der Waals surface area contributed by atoms with E-state index in [9.17, 15) is 4.79 Å². The number of benzene rings is 1. The van der Waals surface area contributed by atoms with Gasteiger partial charge in [0.05, 0.1) is 20.3 Å². The van der Waals surface area contributed by atoms with Crippen molar-refractivity contribution in [2.24, 2.45) is 0 Å². The highest BCUT2D eigenvalue weighted by Gasteiger charge is 2.15. The topological polar surface area (TPSA) is 56.8 Å². The molecule has 0 spiro atoms. The van der Waals surface area contributed by atoms with E-state index in [1.165, 1.54) is 7.11 Å². The third-order valence-electron chi connectivity index (χ3n) is 2.83. The maximum Gasteiger partial charge on any atom is 0.246 e. The summed E-state index contributed by atoms with van der Waals surface area (Å²) in [5, 5.41) is 2.91. The van der Waals surface area contributed by atoms with Gasteiger partial charge in [0.2, 0.25) is 5.91 Å². The minimum atomic E-state index is -0.135. The second-order valence-electron chi connectivity index (χ2n) is 4.08. The van der Waals surface area contributed by atoms with Gasteiger partial charge in [-0.25, -0.2) is 0 Å². The van der Waals surface area contributed by atoms with Gasteiger partial charge in [-0.15, -0.1) is 0 Å². The molecule has 0 saturated carbocycles. The molecule has 0 aliphatic rings. The smallest absolute Gasteiger partial charge is 0.246 e. The van der Waals surface area contributed by atoms with Crippen molar-refractivity contribution >= 4 is 5.91 Å². The highest BCUT2D eigenvalue weighted by Crippen LogP contribution is 2.30. The Hall–Kier alpha value is -1.75. The summed E-state index contributed by atoms with van der Waals surface area (Å²) in [6.45, 7) is 2.07. The number of hydrogen-bond donors (Lipinski definition) is 1. The lowest BCUT2D eigenvalue weighted by atomic mass is 10.0. The van der Waals surface area contributed by atoms with Gasteiger partial charge in [-0.2, -0.15) is 0 Å². The summed E-state index contributed by atoms with van der Waals surface area (Å²) in [7, 11) is 4.68. The molecule has 0 unspecified atom stereocenters. The molecule has 1 aromatic carbocycles. The van der Waals surface area contributed by atoms with E-state index in [1.54, 1.807) is 14.2 Å². The van der Waals surface area contributed by atoms with E-state index < -0.39 is 0 Å². The molecule has 0 bridgehead atoms. The van der Waals surface area contributed by atoms with Gasteiger partial charge < -0.3 is 19.5 Å². The predicted octanol–water partition coefficient (Wildman–Crippen LogP) is 1.92. The molecule has 5 nitrogen and oxygen atoms in total. The van der Waals surface area contributed by atoms with Crippen LogP contribution < -0.4 is 14.8 Å². The minimum Gasteiger partial charge on any atom is -0.493 e. The molecule has 106 valence electrons. The van der Waals surface area contributed by atoms with Crippen LogP contribution in [0.15, 0.2) is 18.2 Å². The van der Waals surface area contributed by atoms with E-state index in [4.69, 9.17) is 14.2 Å². The summed E-state index contributed by atoms with van der Waals surface area (Å²) in [6, 6.07) is 5.56. The number of ether oxygens (including phenoxy) is 3. The molecule has 0 heterocycles. The van der Waals surface area contributed by atoms with Crippen molar-refractivity contribution < 1.29 is 19.0 Å². The third-order valence-corrected chi connectivity index (χ3v) is 2.83. The molecule has 1 amide bonds. The van der Waals surface area contributed by atoms with Crippen LogP contribution in [0, 0.1) is 0 Å². The molecular formula is C14H21NO4. The molecule has 1 atom stereocenters. The van der Waals surface area contributed by atoms with Crippen LogP contribution in [0.25, 0.3) is 0 Å². The van der Waals surface area contributed by atoms with Crippen molar-refractivity contribution in [2.45, 2.75) is 19.4 Å². The van der Waals surface area contributed by atoms with E-state index in [0.717, 1.165) is 12.0 Å². The Morgan fingerprint density at radius 1 is 1.21 bits per heavy atom. The minimum absolute atomic E-state index is 0.0593. The quantitative estimate of drug-likeness (QED) is 0.820. The lowest BCUT2D eigenvalue weighted by Crippen LogP contribution is -2.31. The molecule has 1 N–H and O–H groups in total. The SMILES string of the molecule is CC[C@H](NC(=O)COC)c1ccc(OC)c(OC)c1. The Morgan fingerprint density at radius 2 is 1.89 bits per heavy atom. The highest BCUT2D eigenvalue weighted by molar-refractivity contribution is 5.77. The first kappa shape index (κ1) is 15.3. The molecular weight excluding hydrogens is 246 g/mol. The van der Waals surface area contributed by atoms with E-state index in [1.807, 2.05) is 25.1 Å². The normalized spacial score (nSPS) is 11.8. The number of rotatable bonds is 7. The van der Waals surface area contributed by atoms with E-state index in [2.05, 4.69) is 5.32 Å². The molecule has 0 radical (unpaired) electrons. The van der Waals surface area contributed by atoms with Crippen LogP contribution in [-0.4, -0.2) is 33.8 Å². The van der Waals surface area contributed by atoms with Crippen molar-refractivity contribution in [3.63, 3.8) is 0 Å². The van der Waals surface area contributed by atoms with Crippen LogP contribution in [0.4, 0.5) is 0 Å². The fraction of sp³-hybridized carbons (Fsp3) is 0.500. The standard InChI is InChI=1S/C14H21NO4/c1-5-11(15-14(16)9-17-2)10-6-7-12(18-3)13(8-10)19-4/h6-8,11H,5,9H2,1-4H3,(H,15,16)/t11-/m0/s1. The summed E-state index contributed by atoms with van der Waals surface area (Å²) in [5.41, 5.74) is 0.976. The average Bonchev–Trinajstić information content (AvgIpc) is 2.44. The third kappa shape index (κ3) is 4.13. The Labute approximate surface area is 113 Å². The molecule has 19 heavy (non-hydrogen) atoms. The molecule has 0 fully saturated rings. The van der Waals surface area contributed by atoms with Crippen LogP contribution in [-0.2, 0) is 9.53 Å². The monoisotopic (exact) mass is 267 g/mol. The highest BCUT2D eigenvalue weighted by atomic mass is 16.5. The van der Waals surface area contributed by atoms with Gasteiger partial charge in [0.25, 0.3) is 0 Å². The molecule has 0 aliphatic carbocycles. The second kappa shape index (κ2) is 7.63. The number of methoxy groups -OCH3 is 3. The van der Waals surface area contributed by atoms with Gasteiger partial charge in [0.15, 0.2) is 11.5 Å².